The Morgan fingerprint density at radius 2 is 1.96 bits per heavy atom. The number of hydrogen-bond acceptors (Lipinski definition) is 6. The van der Waals surface area contributed by atoms with E-state index in [2.05, 4.69) is 20.4 Å². The van der Waals surface area contributed by atoms with Crippen molar-refractivity contribution in [2.45, 2.75) is 31.8 Å². The Hall–Kier alpha value is -2.45. The molecule has 28 heavy (non-hydrogen) atoms. The van der Waals surface area contributed by atoms with Crippen LogP contribution in [-0.2, 0) is 11.3 Å². The number of urea groups is 1. The molecule has 2 amide bonds. The number of morpholine rings is 1. The van der Waals surface area contributed by atoms with Crippen LogP contribution in [0.15, 0.2) is 34.9 Å². The molecule has 1 aromatic heterocycles. The molecule has 0 unspecified atom stereocenters. The van der Waals surface area contributed by atoms with E-state index in [-0.39, 0.29) is 18.6 Å². The van der Waals surface area contributed by atoms with E-state index in [0.29, 0.717) is 11.7 Å². The molecule has 0 aliphatic carbocycles. The average molecular weight is 385 g/mol. The molecule has 2 fully saturated rings. The summed E-state index contributed by atoms with van der Waals surface area (Å²) in [6.07, 6.45) is 3.26. The van der Waals surface area contributed by atoms with E-state index in [1.54, 1.807) is 0 Å². The molecule has 0 saturated carbocycles. The first-order valence-corrected chi connectivity index (χ1v) is 10.0. The molecule has 0 spiro atoms. The number of carbonyl (C=O) groups excluding carboxylic acids is 1. The van der Waals surface area contributed by atoms with Gasteiger partial charge in [-0.25, -0.2) is 4.79 Å². The smallest absolute Gasteiger partial charge is 0.318 e. The maximum Gasteiger partial charge on any atom is 0.318 e. The van der Waals surface area contributed by atoms with Crippen molar-refractivity contribution in [3.05, 3.63) is 36.2 Å². The summed E-state index contributed by atoms with van der Waals surface area (Å²) >= 11 is 0. The second-order valence-corrected chi connectivity index (χ2v) is 7.29. The maximum atomic E-state index is 12.8. The predicted molar refractivity (Wildman–Crippen MR) is 104 cm³/mol. The minimum atomic E-state index is -0.0579. The fourth-order valence-electron chi connectivity index (χ4n) is 3.82. The van der Waals surface area contributed by atoms with E-state index in [0.717, 1.165) is 57.8 Å². The molecule has 1 atom stereocenters. The van der Waals surface area contributed by atoms with Crippen molar-refractivity contribution in [1.82, 2.24) is 25.3 Å². The number of rotatable bonds is 5. The summed E-state index contributed by atoms with van der Waals surface area (Å²) in [5.41, 5.74) is 0.894. The second kappa shape index (κ2) is 9.16. The Kier molecular flexibility index (Phi) is 6.18. The summed E-state index contributed by atoms with van der Waals surface area (Å²) in [7, 11) is 0. The van der Waals surface area contributed by atoms with E-state index >= 15 is 0 Å². The molecule has 8 heteroatoms. The summed E-state index contributed by atoms with van der Waals surface area (Å²) in [6.45, 7) is 5.38. The molecule has 0 bridgehead atoms. The van der Waals surface area contributed by atoms with E-state index in [1.165, 1.54) is 6.42 Å². The summed E-state index contributed by atoms with van der Waals surface area (Å²) in [4.78, 5) is 21.5. The molecule has 3 heterocycles. The zero-order valence-electron chi connectivity index (χ0n) is 16.0. The van der Waals surface area contributed by atoms with Crippen LogP contribution in [0.3, 0.4) is 0 Å². The summed E-state index contributed by atoms with van der Waals surface area (Å²) < 4.78 is 10.7. The van der Waals surface area contributed by atoms with Crippen molar-refractivity contribution >= 4 is 6.03 Å². The normalized spacial score (nSPS) is 20.9. The topological polar surface area (TPSA) is 83.7 Å². The number of likely N-dealkylation sites (tertiary alicyclic amines) is 1. The number of hydrogen-bond donors (Lipinski definition) is 1. The minimum Gasteiger partial charge on any atom is -0.379 e. The third kappa shape index (κ3) is 4.69. The second-order valence-electron chi connectivity index (χ2n) is 7.29. The van der Waals surface area contributed by atoms with Crippen LogP contribution in [0, 0.1) is 0 Å². The van der Waals surface area contributed by atoms with Crippen LogP contribution >= 0.6 is 0 Å². The van der Waals surface area contributed by atoms with Crippen LogP contribution in [0.2, 0.25) is 0 Å². The first kappa shape index (κ1) is 18.9. The van der Waals surface area contributed by atoms with Gasteiger partial charge in [0.1, 0.15) is 0 Å². The van der Waals surface area contributed by atoms with E-state index in [4.69, 9.17) is 9.26 Å². The zero-order valence-corrected chi connectivity index (χ0v) is 16.0. The first-order valence-electron chi connectivity index (χ1n) is 10.0. The van der Waals surface area contributed by atoms with Crippen molar-refractivity contribution in [3.63, 3.8) is 0 Å². The van der Waals surface area contributed by atoms with Crippen LogP contribution in [0.1, 0.15) is 25.2 Å². The van der Waals surface area contributed by atoms with Gasteiger partial charge in [0.25, 0.3) is 0 Å². The van der Waals surface area contributed by atoms with Crippen LogP contribution < -0.4 is 5.32 Å². The Morgan fingerprint density at radius 3 is 2.79 bits per heavy atom. The summed E-state index contributed by atoms with van der Waals surface area (Å²) in [5, 5.41) is 6.95. The number of carbonyl (C=O) groups is 1. The van der Waals surface area contributed by atoms with E-state index in [9.17, 15) is 4.79 Å². The zero-order chi connectivity index (χ0) is 19.2. The molecule has 2 aliphatic rings. The molecule has 0 radical (unpaired) electrons. The van der Waals surface area contributed by atoms with E-state index < -0.39 is 0 Å². The van der Waals surface area contributed by atoms with Crippen molar-refractivity contribution in [1.29, 1.82) is 0 Å². The lowest BCUT2D eigenvalue weighted by molar-refractivity contribution is 0.0221. The number of amides is 2. The van der Waals surface area contributed by atoms with Gasteiger partial charge in [-0.2, -0.15) is 4.98 Å². The van der Waals surface area contributed by atoms with Crippen LogP contribution in [0.25, 0.3) is 11.4 Å². The van der Waals surface area contributed by atoms with Gasteiger partial charge in [-0.05, 0) is 19.3 Å². The molecule has 150 valence electrons. The Bertz CT molecular complexity index is 760. The summed E-state index contributed by atoms with van der Waals surface area (Å²) in [5.74, 6) is 0.946. The fourth-order valence-corrected chi connectivity index (χ4v) is 3.82. The van der Waals surface area contributed by atoms with Gasteiger partial charge in [-0.15, -0.1) is 0 Å². The third-order valence-electron chi connectivity index (χ3n) is 5.35. The van der Waals surface area contributed by atoms with Crippen molar-refractivity contribution in [2.24, 2.45) is 0 Å². The Morgan fingerprint density at radius 1 is 1.14 bits per heavy atom. The monoisotopic (exact) mass is 385 g/mol. The maximum absolute atomic E-state index is 12.8. The summed E-state index contributed by atoms with van der Waals surface area (Å²) in [6, 6.07) is 9.84. The fraction of sp³-hybridized carbons (Fsp3) is 0.550. The number of nitrogens with zero attached hydrogens (tertiary/aromatic N) is 4. The van der Waals surface area contributed by atoms with Gasteiger partial charge in [-0.1, -0.05) is 35.5 Å². The van der Waals surface area contributed by atoms with Gasteiger partial charge in [0.15, 0.2) is 0 Å². The minimum absolute atomic E-state index is 0.0579. The SMILES string of the molecule is O=C(NCc1nc(-c2ccccc2)no1)N1CCCC[C@H]1CN1CCOCC1. The van der Waals surface area contributed by atoms with Crippen molar-refractivity contribution in [2.75, 3.05) is 39.4 Å². The van der Waals surface area contributed by atoms with Crippen LogP contribution in [-0.4, -0.2) is 71.4 Å². The quantitative estimate of drug-likeness (QED) is 0.849. The highest BCUT2D eigenvalue weighted by atomic mass is 16.5. The Balaban J connectivity index is 1.32. The Labute approximate surface area is 164 Å². The molecular weight excluding hydrogens is 358 g/mol. The number of piperidine rings is 1. The number of nitrogens with one attached hydrogen (secondary N) is 1. The van der Waals surface area contributed by atoms with Gasteiger partial charge in [0.05, 0.1) is 19.8 Å². The van der Waals surface area contributed by atoms with Crippen LogP contribution in [0.5, 0.6) is 0 Å². The first-order chi connectivity index (χ1) is 13.8. The molecule has 2 aromatic rings. The number of ether oxygens (including phenoxy) is 1. The highest BCUT2D eigenvalue weighted by molar-refractivity contribution is 5.74. The van der Waals surface area contributed by atoms with Gasteiger partial charge in [0.2, 0.25) is 11.7 Å². The molecule has 2 saturated heterocycles. The third-order valence-corrected chi connectivity index (χ3v) is 5.35. The highest BCUT2D eigenvalue weighted by Crippen LogP contribution is 2.19. The molecular formula is C20H27N5O3. The average Bonchev–Trinajstić information content (AvgIpc) is 3.23. The molecule has 4 rings (SSSR count). The van der Waals surface area contributed by atoms with Gasteiger partial charge < -0.3 is 19.5 Å². The lowest BCUT2D eigenvalue weighted by Crippen LogP contribution is -2.53. The molecule has 8 nitrogen and oxygen atoms in total. The van der Waals surface area contributed by atoms with Gasteiger partial charge >= 0.3 is 6.03 Å². The van der Waals surface area contributed by atoms with Gasteiger partial charge in [0, 0.05) is 37.8 Å². The highest BCUT2D eigenvalue weighted by Gasteiger charge is 2.29. The lowest BCUT2D eigenvalue weighted by atomic mass is 10.0. The van der Waals surface area contributed by atoms with Crippen LogP contribution in [0.4, 0.5) is 4.79 Å². The van der Waals surface area contributed by atoms with E-state index in [1.807, 2.05) is 35.2 Å². The molecule has 1 N–H and O–H groups in total. The standard InChI is InChI=1S/C20H27N5O3/c26-20(21-14-18-22-19(23-28-18)16-6-2-1-3-7-16)25-9-5-4-8-17(25)15-24-10-12-27-13-11-24/h1-3,6-7,17H,4-5,8-15H2,(H,21,26)/t17-/m0/s1. The van der Waals surface area contributed by atoms with Gasteiger partial charge in [-0.3, -0.25) is 4.90 Å². The number of benzene rings is 1. The van der Waals surface area contributed by atoms with Crippen molar-refractivity contribution < 1.29 is 14.1 Å². The lowest BCUT2D eigenvalue weighted by Gasteiger charge is -2.39. The molecule has 2 aliphatic heterocycles. The largest absolute Gasteiger partial charge is 0.379 e. The van der Waals surface area contributed by atoms with Crippen molar-refractivity contribution in [3.8, 4) is 11.4 Å². The molecule has 1 aromatic carbocycles. The predicted octanol–water partition coefficient (Wildman–Crippen LogP) is 2.13. The number of aromatic nitrogens is 2.